The predicted molar refractivity (Wildman–Crippen MR) is 161 cm³/mol. The fourth-order valence-electron chi connectivity index (χ4n) is 5.61. The first-order valence-electron chi connectivity index (χ1n) is 13.8. The van der Waals surface area contributed by atoms with E-state index in [9.17, 15) is 0 Å². The standard InChI is InChI=1S/C31H35N7O3/c1-20-5-4-6-27(33-20)34-29-28-25(24-12-9-22(17-26(24)40-3)37-13-15-41-16-14-37)19-38(30(28)36-31(32)35-29)18-21-7-10-23(39-2)11-8-21/h4-12,17,25H,13-16,18-19H2,1-3H3,(H3,32,33,34,35,36). The SMILES string of the molecule is COc1ccc(CN2CC(c3ccc(N4CCOCC4)cc3OC)c3c(Nc4cccc(C)n4)nc(N)nc32)cc1. The molecule has 2 aromatic heterocycles. The Labute approximate surface area is 240 Å². The molecule has 0 spiro atoms. The van der Waals surface area contributed by atoms with E-state index < -0.39 is 0 Å². The molecule has 41 heavy (non-hydrogen) atoms. The van der Waals surface area contributed by atoms with Crippen molar-refractivity contribution in [1.29, 1.82) is 0 Å². The van der Waals surface area contributed by atoms with E-state index in [4.69, 9.17) is 24.9 Å². The first kappa shape index (κ1) is 26.6. The number of nitrogens with zero attached hydrogens (tertiary/aromatic N) is 5. The zero-order valence-corrected chi connectivity index (χ0v) is 23.6. The number of aromatic nitrogens is 3. The first-order chi connectivity index (χ1) is 20.0. The van der Waals surface area contributed by atoms with Gasteiger partial charge in [0.2, 0.25) is 5.95 Å². The molecule has 6 rings (SSSR count). The summed E-state index contributed by atoms with van der Waals surface area (Å²) < 4.78 is 16.9. The molecule has 0 saturated carbocycles. The molecule has 212 valence electrons. The number of ether oxygens (including phenoxy) is 3. The minimum Gasteiger partial charge on any atom is -0.497 e. The number of anilines is 5. The number of methoxy groups -OCH3 is 2. The lowest BCUT2D eigenvalue weighted by Gasteiger charge is -2.29. The van der Waals surface area contributed by atoms with Gasteiger partial charge in [-0.15, -0.1) is 0 Å². The van der Waals surface area contributed by atoms with Crippen molar-refractivity contribution < 1.29 is 14.2 Å². The van der Waals surface area contributed by atoms with Crippen molar-refractivity contribution in [2.75, 3.05) is 67.9 Å². The molecule has 4 aromatic rings. The van der Waals surface area contributed by atoms with Crippen molar-refractivity contribution in [1.82, 2.24) is 15.0 Å². The van der Waals surface area contributed by atoms with Crippen LogP contribution in [0.5, 0.6) is 11.5 Å². The molecular formula is C31H35N7O3. The third-order valence-electron chi connectivity index (χ3n) is 7.63. The Morgan fingerprint density at radius 2 is 1.78 bits per heavy atom. The van der Waals surface area contributed by atoms with Gasteiger partial charge in [-0.2, -0.15) is 9.97 Å². The average molecular weight is 554 g/mol. The molecule has 0 bridgehead atoms. The molecule has 0 aliphatic carbocycles. The minimum absolute atomic E-state index is 0.0650. The fourth-order valence-corrected chi connectivity index (χ4v) is 5.61. The van der Waals surface area contributed by atoms with Crippen molar-refractivity contribution in [2.24, 2.45) is 0 Å². The maximum atomic E-state index is 6.29. The van der Waals surface area contributed by atoms with Crippen LogP contribution in [0.25, 0.3) is 0 Å². The molecule has 0 amide bonds. The van der Waals surface area contributed by atoms with Crippen LogP contribution in [0.4, 0.5) is 29.1 Å². The van der Waals surface area contributed by atoms with E-state index in [0.717, 1.165) is 71.7 Å². The normalized spacial score (nSPS) is 16.4. The monoisotopic (exact) mass is 553 g/mol. The van der Waals surface area contributed by atoms with E-state index in [1.807, 2.05) is 37.3 Å². The minimum atomic E-state index is -0.0650. The van der Waals surface area contributed by atoms with Gasteiger partial charge in [-0.05, 0) is 42.8 Å². The largest absolute Gasteiger partial charge is 0.497 e. The van der Waals surface area contributed by atoms with Crippen LogP contribution in [0.3, 0.4) is 0 Å². The zero-order chi connectivity index (χ0) is 28.3. The number of nitrogens with one attached hydrogen (secondary N) is 1. The molecule has 10 nitrogen and oxygen atoms in total. The zero-order valence-electron chi connectivity index (χ0n) is 23.6. The molecular weight excluding hydrogens is 518 g/mol. The Bertz CT molecular complexity index is 1520. The second kappa shape index (κ2) is 11.5. The third kappa shape index (κ3) is 5.55. The van der Waals surface area contributed by atoms with Crippen LogP contribution < -0.4 is 30.3 Å². The van der Waals surface area contributed by atoms with Crippen molar-refractivity contribution in [3.05, 3.63) is 83.0 Å². The fraction of sp³-hybridized carbons (Fsp3) is 0.323. The van der Waals surface area contributed by atoms with E-state index in [1.54, 1.807) is 14.2 Å². The maximum Gasteiger partial charge on any atom is 0.223 e. The number of hydrogen-bond acceptors (Lipinski definition) is 10. The van der Waals surface area contributed by atoms with Crippen molar-refractivity contribution in [3.8, 4) is 11.5 Å². The quantitative estimate of drug-likeness (QED) is 0.323. The topological polar surface area (TPSA) is 111 Å². The van der Waals surface area contributed by atoms with Gasteiger partial charge < -0.3 is 35.1 Å². The number of benzene rings is 2. The molecule has 1 unspecified atom stereocenters. The Morgan fingerprint density at radius 3 is 2.51 bits per heavy atom. The van der Waals surface area contributed by atoms with Gasteiger partial charge >= 0.3 is 0 Å². The Kier molecular flexibility index (Phi) is 7.47. The highest BCUT2D eigenvalue weighted by Gasteiger charge is 2.37. The summed E-state index contributed by atoms with van der Waals surface area (Å²) in [6.45, 7) is 6.46. The van der Waals surface area contributed by atoms with Gasteiger partial charge in [0, 0.05) is 60.7 Å². The summed E-state index contributed by atoms with van der Waals surface area (Å²) in [5.41, 5.74) is 11.5. The summed E-state index contributed by atoms with van der Waals surface area (Å²) in [6.07, 6.45) is 0. The predicted octanol–water partition coefficient (Wildman–Crippen LogP) is 4.51. The Morgan fingerprint density at radius 1 is 0.976 bits per heavy atom. The number of nitrogens with two attached hydrogens (primary N) is 1. The lowest BCUT2D eigenvalue weighted by atomic mass is 9.92. The highest BCUT2D eigenvalue weighted by molar-refractivity contribution is 5.73. The molecule has 2 aromatic carbocycles. The molecule has 10 heteroatoms. The van der Waals surface area contributed by atoms with Crippen LogP contribution in [0.1, 0.15) is 28.3 Å². The van der Waals surface area contributed by atoms with Crippen LogP contribution in [0.15, 0.2) is 60.7 Å². The van der Waals surface area contributed by atoms with Gasteiger partial charge in [-0.1, -0.05) is 24.3 Å². The molecule has 1 atom stereocenters. The van der Waals surface area contributed by atoms with E-state index in [0.29, 0.717) is 24.7 Å². The third-order valence-corrected chi connectivity index (χ3v) is 7.63. The molecule has 0 radical (unpaired) electrons. The van der Waals surface area contributed by atoms with Gasteiger partial charge in [-0.25, -0.2) is 4.98 Å². The highest BCUT2D eigenvalue weighted by atomic mass is 16.5. The molecule has 2 aliphatic rings. The van der Waals surface area contributed by atoms with Crippen LogP contribution in [-0.2, 0) is 11.3 Å². The van der Waals surface area contributed by atoms with Crippen LogP contribution in [0, 0.1) is 6.92 Å². The van der Waals surface area contributed by atoms with Gasteiger partial charge in [0.1, 0.15) is 29.0 Å². The lowest BCUT2D eigenvalue weighted by molar-refractivity contribution is 0.122. The van der Waals surface area contributed by atoms with Crippen LogP contribution in [-0.4, -0.2) is 62.0 Å². The van der Waals surface area contributed by atoms with Gasteiger partial charge in [0.15, 0.2) is 0 Å². The highest BCUT2D eigenvalue weighted by Crippen LogP contribution is 2.47. The molecule has 4 heterocycles. The van der Waals surface area contributed by atoms with Crippen molar-refractivity contribution in [2.45, 2.75) is 19.4 Å². The summed E-state index contributed by atoms with van der Waals surface area (Å²) in [5, 5.41) is 3.44. The summed E-state index contributed by atoms with van der Waals surface area (Å²) in [6, 6.07) is 20.4. The van der Waals surface area contributed by atoms with E-state index in [-0.39, 0.29) is 11.9 Å². The Balaban J connectivity index is 1.42. The Hall–Kier alpha value is -4.57. The number of fused-ring (bicyclic) bond motifs is 1. The van der Waals surface area contributed by atoms with Crippen LogP contribution in [0.2, 0.25) is 0 Å². The number of aryl methyl sites for hydroxylation is 1. The summed E-state index contributed by atoms with van der Waals surface area (Å²) >= 11 is 0. The van der Waals surface area contributed by atoms with E-state index in [1.165, 1.54) is 0 Å². The molecule has 1 fully saturated rings. The maximum absolute atomic E-state index is 6.29. The summed E-state index contributed by atoms with van der Waals surface area (Å²) in [4.78, 5) is 18.6. The van der Waals surface area contributed by atoms with Gasteiger partial charge in [-0.3, -0.25) is 0 Å². The first-order valence-corrected chi connectivity index (χ1v) is 13.8. The number of morpholine rings is 1. The van der Waals surface area contributed by atoms with E-state index in [2.05, 4.69) is 55.4 Å². The average Bonchev–Trinajstić information content (AvgIpc) is 3.35. The van der Waals surface area contributed by atoms with E-state index >= 15 is 0 Å². The summed E-state index contributed by atoms with van der Waals surface area (Å²) in [7, 11) is 3.40. The number of hydrogen-bond donors (Lipinski definition) is 2. The van der Waals surface area contributed by atoms with Crippen molar-refractivity contribution in [3.63, 3.8) is 0 Å². The number of nitrogen functional groups attached to an aromatic ring is 1. The lowest BCUT2D eigenvalue weighted by Crippen LogP contribution is -2.36. The summed E-state index contributed by atoms with van der Waals surface area (Å²) in [5.74, 6) is 3.93. The molecule has 1 saturated heterocycles. The van der Waals surface area contributed by atoms with Gasteiger partial charge in [0.25, 0.3) is 0 Å². The molecule has 2 aliphatic heterocycles. The smallest absolute Gasteiger partial charge is 0.223 e. The second-order valence-corrected chi connectivity index (χ2v) is 10.3. The van der Waals surface area contributed by atoms with Crippen LogP contribution >= 0.6 is 0 Å². The molecule has 3 N–H and O–H groups in total. The van der Waals surface area contributed by atoms with Crippen molar-refractivity contribution >= 4 is 29.1 Å². The van der Waals surface area contributed by atoms with Gasteiger partial charge in [0.05, 0.1) is 27.4 Å². The number of rotatable bonds is 8. The number of pyridine rings is 1. The second-order valence-electron chi connectivity index (χ2n) is 10.3.